The standard InChI is InChI=1S/C11H12F3NO.C2H6/c1-8(16)15-10-5-3-2-4-9(10)6-7-11(12,13)14;1-2/h2-5H,6-7H2,1H3,(H,15,16);1-2H3. The zero-order chi connectivity index (χ0) is 14.2. The molecular formula is C13H18F3NO. The van der Waals surface area contributed by atoms with Crippen molar-refractivity contribution in [3.8, 4) is 0 Å². The van der Waals surface area contributed by atoms with E-state index in [2.05, 4.69) is 5.32 Å². The fourth-order valence-corrected chi connectivity index (χ4v) is 1.33. The first-order valence-electron chi connectivity index (χ1n) is 5.81. The number of para-hydroxylation sites is 1. The molecule has 1 rings (SSSR count). The monoisotopic (exact) mass is 261 g/mol. The minimum atomic E-state index is -4.18. The Labute approximate surface area is 105 Å². The molecule has 0 saturated heterocycles. The van der Waals surface area contributed by atoms with E-state index in [4.69, 9.17) is 0 Å². The zero-order valence-corrected chi connectivity index (χ0v) is 10.8. The van der Waals surface area contributed by atoms with Crippen LogP contribution in [0.3, 0.4) is 0 Å². The van der Waals surface area contributed by atoms with Crippen molar-refractivity contribution in [3.05, 3.63) is 29.8 Å². The third-order valence-electron chi connectivity index (χ3n) is 2.01. The molecule has 0 radical (unpaired) electrons. The van der Waals surface area contributed by atoms with Crippen LogP contribution in [0.15, 0.2) is 24.3 Å². The van der Waals surface area contributed by atoms with Crippen LogP contribution in [0.25, 0.3) is 0 Å². The third-order valence-corrected chi connectivity index (χ3v) is 2.01. The van der Waals surface area contributed by atoms with Crippen molar-refractivity contribution in [2.24, 2.45) is 0 Å². The molecule has 102 valence electrons. The van der Waals surface area contributed by atoms with Gasteiger partial charge in [-0.3, -0.25) is 4.79 Å². The van der Waals surface area contributed by atoms with E-state index < -0.39 is 12.6 Å². The average molecular weight is 261 g/mol. The van der Waals surface area contributed by atoms with Crippen LogP contribution in [0.1, 0.15) is 32.8 Å². The Hall–Kier alpha value is -1.52. The van der Waals surface area contributed by atoms with Crippen LogP contribution in [-0.2, 0) is 11.2 Å². The van der Waals surface area contributed by atoms with Crippen LogP contribution in [0.5, 0.6) is 0 Å². The summed E-state index contributed by atoms with van der Waals surface area (Å²) in [6.07, 6.45) is -5.19. The SMILES string of the molecule is CC.CC(=O)Nc1ccccc1CCC(F)(F)F. The van der Waals surface area contributed by atoms with E-state index in [1.54, 1.807) is 24.3 Å². The number of anilines is 1. The Kier molecular flexibility index (Phi) is 7.08. The number of carbonyl (C=O) groups excluding carboxylic acids is 1. The zero-order valence-electron chi connectivity index (χ0n) is 10.8. The number of benzene rings is 1. The van der Waals surface area contributed by atoms with Crippen LogP contribution in [0.2, 0.25) is 0 Å². The Bertz CT molecular complexity index is 375. The van der Waals surface area contributed by atoms with Crippen LogP contribution in [0, 0.1) is 0 Å². The van der Waals surface area contributed by atoms with Gasteiger partial charge in [0.15, 0.2) is 0 Å². The molecule has 0 unspecified atom stereocenters. The molecule has 0 fully saturated rings. The minimum Gasteiger partial charge on any atom is -0.326 e. The van der Waals surface area contributed by atoms with E-state index >= 15 is 0 Å². The smallest absolute Gasteiger partial charge is 0.326 e. The summed E-state index contributed by atoms with van der Waals surface area (Å²) in [6, 6.07) is 6.49. The van der Waals surface area contributed by atoms with Crippen molar-refractivity contribution >= 4 is 11.6 Å². The molecule has 5 heteroatoms. The predicted molar refractivity (Wildman–Crippen MR) is 66.5 cm³/mol. The minimum absolute atomic E-state index is 0.125. The number of rotatable bonds is 3. The molecule has 1 aromatic rings. The number of carbonyl (C=O) groups is 1. The molecule has 0 aliphatic rings. The van der Waals surface area contributed by atoms with Gasteiger partial charge in [0.2, 0.25) is 5.91 Å². The van der Waals surface area contributed by atoms with Gasteiger partial charge in [-0.25, -0.2) is 0 Å². The second-order valence-electron chi connectivity index (χ2n) is 3.45. The van der Waals surface area contributed by atoms with Gasteiger partial charge in [0.1, 0.15) is 0 Å². The van der Waals surface area contributed by atoms with Gasteiger partial charge in [0.25, 0.3) is 0 Å². The Morgan fingerprint density at radius 1 is 1.22 bits per heavy atom. The number of halogens is 3. The first-order chi connectivity index (χ1) is 8.38. The van der Waals surface area contributed by atoms with Crippen molar-refractivity contribution < 1.29 is 18.0 Å². The molecule has 0 atom stereocenters. The Balaban J connectivity index is 0.00000137. The first kappa shape index (κ1) is 16.5. The molecule has 0 spiro atoms. The lowest BCUT2D eigenvalue weighted by Crippen LogP contribution is -2.11. The molecular weight excluding hydrogens is 243 g/mol. The summed E-state index contributed by atoms with van der Waals surface area (Å²) in [4.78, 5) is 10.8. The number of amides is 1. The maximum absolute atomic E-state index is 12.0. The van der Waals surface area contributed by atoms with E-state index in [1.165, 1.54) is 6.92 Å². The van der Waals surface area contributed by atoms with Crippen molar-refractivity contribution in [2.75, 3.05) is 5.32 Å². The van der Waals surface area contributed by atoms with Crippen molar-refractivity contribution in [3.63, 3.8) is 0 Å². The van der Waals surface area contributed by atoms with E-state index in [-0.39, 0.29) is 12.3 Å². The second kappa shape index (κ2) is 7.74. The molecule has 0 aliphatic heterocycles. The van der Waals surface area contributed by atoms with Gasteiger partial charge in [-0.2, -0.15) is 13.2 Å². The predicted octanol–water partition coefficient (Wildman–Crippen LogP) is 4.17. The number of nitrogens with one attached hydrogen (secondary N) is 1. The summed E-state index contributed by atoms with van der Waals surface area (Å²) in [5.74, 6) is -0.292. The highest BCUT2D eigenvalue weighted by Crippen LogP contribution is 2.25. The summed E-state index contributed by atoms with van der Waals surface area (Å²) >= 11 is 0. The summed E-state index contributed by atoms with van der Waals surface area (Å²) in [5.41, 5.74) is 0.939. The number of hydrogen-bond acceptors (Lipinski definition) is 1. The highest BCUT2D eigenvalue weighted by atomic mass is 19.4. The lowest BCUT2D eigenvalue weighted by atomic mass is 10.1. The van der Waals surface area contributed by atoms with Gasteiger partial charge in [-0.15, -0.1) is 0 Å². The highest BCUT2D eigenvalue weighted by molar-refractivity contribution is 5.89. The summed E-state index contributed by atoms with van der Waals surface area (Å²) in [7, 11) is 0. The maximum Gasteiger partial charge on any atom is 0.389 e. The lowest BCUT2D eigenvalue weighted by molar-refractivity contribution is -0.133. The Morgan fingerprint density at radius 3 is 2.28 bits per heavy atom. The fourth-order valence-electron chi connectivity index (χ4n) is 1.33. The Morgan fingerprint density at radius 2 is 1.78 bits per heavy atom. The van der Waals surface area contributed by atoms with Gasteiger partial charge in [0.05, 0.1) is 0 Å². The molecule has 0 aromatic heterocycles. The molecule has 0 heterocycles. The highest BCUT2D eigenvalue weighted by Gasteiger charge is 2.26. The second-order valence-corrected chi connectivity index (χ2v) is 3.45. The average Bonchev–Trinajstić information content (AvgIpc) is 2.29. The maximum atomic E-state index is 12.0. The molecule has 0 saturated carbocycles. The molecule has 2 nitrogen and oxygen atoms in total. The number of alkyl halides is 3. The van der Waals surface area contributed by atoms with E-state index in [0.29, 0.717) is 11.3 Å². The van der Waals surface area contributed by atoms with Crippen LogP contribution >= 0.6 is 0 Å². The number of hydrogen-bond donors (Lipinski definition) is 1. The van der Waals surface area contributed by atoms with Gasteiger partial charge in [0, 0.05) is 19.0 Å². The molecule has 1 aromatic carbocycles. The van der Waals surface area contributed by atoms with Crippen LogP contribution in [-0.4, -0.2) is 12.1 Å². The van der Waals surface area contributed by atoms with Crippen molar-refractivity contribution in [1.82, 2.24) is 0 Å². The van der Waals surface area contributed by atoms with Crippen LogP contribution < -0.4 is 5.32 Å². The third kappa shape index (κ3) is 6.93. The fraction of sp³-hybridized carbons (Fsp3) is 0.462. The largest absolute Gasteiger partial charge is 0.389 e. The van der Waals surface area contributed by atoms with Crippen molar-refractivity contribution in [1.29, 1.82) is 0 Å². The summed E-state index contributed by atoms with van der Waals surface area (Å²) in [5, 5.41) is 2.50. The number of aryl methyl sites for hydroxylation is 1. The van der Waals surface area contributed by atoms with Gasteiger partial charge in [-0.05, 0) is 18.1 Å². The first-order valence-corrected chi connectivity index (χ1v) is 5.81. The molecule has 1 N–H and O–H groups in total. The van der Waals surface area contributed by atoms with E-state index in [1.807, 2.05) is 13.8 Å². The van der Waals surface area contributed by atoms with Crippen LogP contribution in [0.4, 0.5) is 18.9 Å². The summed E-state index contributed by atoms with van der Waals surface area (Å²) < 4.78 is 36.1. The van der Waals surface area contributed by atoms with E-state index in [0.717, 1.165) is 0 Å². The molecule has 0 bridgehead atoms. The normalized spacial score (nSPS) is 10.3. The van der Waals surface area contributed by atoms with Gasteiger partial charge >= 0.3 is 6.18 Å². The topological polar surface area (TPSA) is 29.1 Å². The molecule has 1 amide bonds. The molecule has 0 aliphatic carbocycles. The van der Waals surface area contributed by atoms with Gasteiger partial charge < -0.3 is 5.32 Å². The van der Waals surface area contributed by atoms with Crippen molar-refractivity contribution in [2.45, 2.75) is 39.8 Å². The lowest BCUT2D eigenvalue weighted by Gasteiger charge is -2.11. The molecule has 18 heavy (non-hydrogen) atoms. The quantitative estimate of drug-likeness (QED) is 0.869. The van der Waals surface area contributed by atoms with E-state index in [9.17, 15) is 18.0 Å². The summed E-state index contributed by atoms with van der Waals surface area (Å²) in [6.45, 7) is 5.32. The van der Waals surface area contributed by atoms with Gasteiger partial charge in [-0.1, -0.05) is 32.0 Å².